The van der Waals surface area contributed by atoms with E-state index in [0.29, 0.717) is 5.69 Å². The third-order valence-electron chi connectivity index (χ3n) is 4.25. The largest absolute Gasteiger partial charge is 0.497 e. The van der Waals surface area contributed by atoms with Crippen LogP contribution in [0.1, 0.15) is 10.5 Å². The van der Waals surface area contributed by atoms with E-state index in [1.807, 2.05) is 48.5 Å². The Hall–Kier alpha value is -3.34. The van der Waals surface area contributed by atoms with Gasteiger partial charge in [-0.25, -0.2) is 9.78 Å². The van der Waals surface area contributed by atoms with E-state index in [9.17, 15) is 4.79 Å². The van der Waals surface area contributed by atoms with Gasteiger partial charge >= 0.3 is 5.97 Å². The highest BCUT2D eigenvalue weighted by Gasteiger charge is 2.17. The van der Waals surface area contributed by atoms with E-state index in [0.717, 1.165) is 33.1 Å². The molecule has 0 atom stereocenters. The fraction of sp³-hybridized carbons (Fsp3) is 0.100. The van der Waals surface area contributed by atoms with E-state index in [1.54, 1.807) is 13.2 Å². The first-order valence-electron chi connectivity index (χ1n) is 7.85. The van der Waals surface area contributed by atoms with Crippen molar-refractivity contribution in [3.05, 3.63) is 60.3 Å². The number of hydrogen-bond donors (Lipinski definition) is 1. The summed E-state index contributed by atoms with van der Waals surface area (Å²) in [5, 5.41) is 1.98. The van der Waals surface area contributed by atoms with Crippen molar-refractivity contribution in [3.63, 3.8) is 0 Å². The number of hydrogen-bond acceptors (Lipinski definition) is 4. The third kappa shape index (κ3) is 2.50. The Labute approximate surface area is 144 Å². The number of esters is 1. The fourth-order valence-corrected chi connectivity index (χ4v) is 3.01. The standard InChI is InChI=1S/C20H16N2O3/c1-24-13-9-7-12(8-10-13)18-19-15(11-17(22-18)20(23)25-2)14-5-3-4-6-16(14)21-19/h3-11,21H,1-2H3. The van der Waals surface area contributed by atoms with Crippen LogP contribution in [0.15, 0.2) is 54.6 Å². The fourth-order valence-electron chi connectivity index (χ4n) is 3.01. The van der Waals surface area contributed by atoms with Crippen molar-refractivity contribution in [1.82, 2.24) is 9.97 Å². The summed E-state index contributed by atoms with van der Waals surface area (Å²) in [6, 6.07) is 17.3. The van der Waals surface area contributed by atoms with Crippen LogP contribution in [-0.2, 0) is 4.74 Å². The molecule has 0 aliphatic heterocycles. The summed E-state index contributed by atoms with van der Waals surface area (Å²) in [6.07, 6.45) is 0. The SMILES string of the molecule is COC(=O)c1cc2c([nH]c3ccccc32)c(-c2ccc(OC)cc2)n1. The van der Waals surface area contributed by atoms with Crippen LogP contribution in [-0.4, -0.2) is 30.2 Å². The molecule has 0 saturated carbocycles. The lowest BCUT2D eigenvalue weighted by atomic mass is 10.1. The first-order chi connectivity index (χ1) is 12.2. The van der Waals surface area contributed by atoms with Gasteiger partial charge in [0.25, 0.3) is 0 Å². The van der Waals surface area contributed by atoms with Gasteiger partial charge in [0, 0.05) is 21.9 Å². The number of fused-ring (bicyclic) bond motifs is 3. The van der Waals surface area contributed by atoms with E-state index in [2.05, 4.69) is 9.97 Å². The van der Waals surface area contributed by atoms with Crippen molar-refractivity contribution in [3.8, 4) is 17.0 Å². The molecule has 25 heavy (non-hydrogen) atoms. The molecule has 124 valence electrons. The summed E-state index contributed by atoms with van der Waals surface area (Å²) in [6.45, 7) is 0. The molecule has 0 amide bonds. The molecule has 1 N–H and O–H groups in total. The number of rotatable bonds is 3. The molecule has 2 heterocycles. The van der Waals surface area contributed by atoms with E-state index < -0.39 is 5.97 Å². The lowest BCUT2D eigenvalue weighted by Crippen LogP contribution is -2.05. The Morgan fingerprint density at radius 2 is 1.76 bits per heavy atom. The summed E-state index contributed by atoms with van der Waals surface area (Å²) in [7, 11) is 2.98. The molecule has 0 radical (unpaired) electrons. The smallest absolute Gasteiger partial charge is 0.356 e. The van der Waals surface area contributed by atoms with E-state index in [1.165, 1.54) is 7.11 Å². The Balaban J connectivity index is 2.04. The second kappa shape index (κ2) is 5.94. The lowest BCUT2D eigenvalue weighted by Gasteiger charge is -2.07. The number of H-pyrrole nitrogens is 1. The molecule has 2 aromatic heterocycles. The maximum atomic E-state index is 12.1. The molecule has 4 aromatic rings. The van der Waals surface area contributed by atoms with Crippen molar-refractivity contribution in [2.45, 2.75) is 0 Å². The van der Waals surface area contributed by atoms with Gasteiger partial charge in [0.1, 0.15) is 11.4 Å². The van der Waals surface area contributed by atoms with Crippen LogP contribution in [0.4, 0.5) is 0 Å². The Morgan fingerprint density at radius 3 is 2.48 bits per heavy atom. The van der Waals surface area contributed by atoms with E-state index >= 15 is 0 Å². The number of nitrogens with one attached hydrogen (secondary N) is 1. The molecule has 0 spiro atoms. The number of ether oxygens (including phenoxy) is 2. The monoisotopic (exact) mass is 332 g/mol. The number of methoxy groups -OCH3 is 2. The number of carbonyl (C=O) groups is 1. The first kappa shape index (κ1) is 15.2. The van der Waals surface area contributed by atoms with Crippen molar-refractivity contribution < 1.29 is 14.3 Å². The highest BCUT2D eigenvalue weighted by Crippen LogP contribution is 2.33. The van der Waals surface area contributed by atoms with Gasteiger partial charge in [-0.3, -0.25) is 0 Å². The summed E-state index contributed by atoms with van der Waals surface area (Å²) in [4.78, 5) is 20.0. The molecule has 0 saturated heterocycles. The summed E-state index contributed by atoms with van der Waals surface area (Å²) >= 11 is 0. The van der Waals surface area contributed by atoms with Crippen LogP contribution in [0.25, 0.3) is 33.1 Å². The minimum atomic E-state index is -0.457. The van der Waals surface area contributed by atoms with Gasteiger partial charge in [-0.2, -0.15) is 0 Å². The second-order valence-corrected chi connectivity index (χ2v) is 5.67. The molecule has 2 aromatic carbocycles. The Morgan fingerprint density at radius 1 is 1.00 bits per heavy atom. The van der Waals surface area contributed by atoms with Crippen molar-refractivity contribution >= 4 is 27.8 Å². The summed E-state index contributed by atoms with van der Waals surface area (Å²) < 4.78 is 10.1. The van der Waals surface area contributed by atoms with Crippen LogP contribution >= 0.6 is 0 Å². The normalized spacial score (nSPS) is 11.0. The molecule has 0 bridgehead atoms. The Bertz CT molecular complexity index is 1080. The first-order valence-corrected chi connectivity index (χ1v) is 7.85. The van der Waals surface area contributed by atoms with Crippen LogP contribution in [0.2, 0.25) is 0 Å². The highest BCUT2D eigenvalue weighted by atomic mass is 16.5. The zero-order chi connectivity index (χ0) is 17.4. The second-order valence-electron chi connectivity index (χ2n) is 5.67. The summed E-state index contributed by atoms with van der Waals surface area (Å²) in [5.74, 6) is 0.308. The summed E-state index contributed by atoms with van der Waals surface area (Å²) in [5.41, 5.74) is 3.76. The van der Waals surface area contributed by atoms with Crippen LogP contribution in [0.5, 0.6) is 5.75 Å². The molecule has 0 unspecified atom stereocenters. The van der Waals surface area contributed by atoms with Gasteiger partial charge < -0.3 is 14.5 Å². The quantitative estimate of drug-likeness (QED) is 0.572. The average Bonchev–Trinajstić information content (AvgIpc) is 3.05. The lowest BCUT2D eigenvalue weighted by molar-refractivity contribution is 0.0594. The van der Waals surface area contributed by atoms with Gasteiger partial charge in [-0.15, -0.1) is 0 Å². The molecule has 0 aliphatic carbocycles. The van der Waals surface area contributed by atoms with Crippen molar-refractivity contribution in [2.75, 3.05) is 14.2 Å². The topological polar surface area (TPSA) is 64.2 Å². The van der Waals surface area contributed by atoms with E-state index in [4.69, 9.17) is 9.47 Å². The minimum Gasteiger partial charge on any atom is -0.497 e. The molecule has 0 aliphatic rings. The number of nitrogens with zero attached hydrogens (tertiary/aromatic N) is 1. The van der Waals surface area contributed by atoms with Gasteiger partial charge in [-0.1, -0.05) is 18.2 Å². The number of benzene rings is 2. The number of aromatic amines is 1. The number of aromatic nitrogens is 2. The molecular weight excluding hydrogens is 316 g/mol. The third-order valence-corrected chi connectivity index (χ3v) is 4.25. The van der Waals surface area contributed by atoms with Crippen LogP contribution in [0, 0.1) is 0 Å². The van der Waals surface area contributed by atoms with Crippen molar-refractivity contribution in [2.24, 2.45) is 0 Å². The molecule has 5 heteroatoms. The molecule has 4 rings (SSSR count). The predicted octanol–water partition coefficient (Wildman–Crippen LogP) is 4.18. The average molecular weight is 332 g/mol. The predicted molar refractivity (Wildman–Crippen MR) is 96.9 cm³/mol. The Kier molecular flexibility index (Phi) is 3.61. The van der Waals surface area contributed by atoms with Gasteiger partial charge in [0.2, 0.25) is 0 Å². The highest BCUT2D eigenvalue weighted by molar-refractivity contribution is 6.12. The maximum Gasteiger partial charge on any atom is 0.356 e. The van der Waals surface area contributed by atoms with Crippen LogP contribution < -0.4 is 4.74 Å². The van der Waals surface area contributed by atoms with Crippen LogP contribution in [0.3, 0.4) is 0 Å². The van der Waals surface area contributed by atoms with E-state index in [-0.39, 0.29) is 5.69 Å². The zero-order valence-electron chi connectivity index (χ0n) is 13.9. The number of carbonyl (C=O) groups excluding carboxylic acids is 1. The molecule has 0 fully saturated rings. The van der Waals surface area contributed by atoms with Gasteiger partial charge in [0.15, 0.2) is 0 Å². The van der Waals surface area contributed by atoms with Gasteiger partial charge in [0.05, 0.1) is 25.4 Å². The number of pyridine rings is 1. The molecular formula is C20H16N2O3. The van der Waals surface area contributed by atoms with Gasteiger partial charge in [-0.05, 0) is 36.4 Å². The minimum absolute atomic E-state index is 0.283. The zero-order valence-corrected chi connectivity index (χ0v) is 13.9. The number of para-hydroxylation sites is 1. The maximum absolute atomic E-state index is 12.1. The molecule has 5 nitrogen and oxygen atoms in total. The van der Waals surface area contributed by atoms with Crippen molar-refractivity contribution in [1.29, 1.82) is 0 Å².